The highest BCUT2D eigenvalue weighted by Gasteiger charge is 2.36. The molecule has 1 aromatic carbocycles. The van der Waals surface area contributed by atoms with Crippen LogP contribution in [0.5, 0.6) is 0 Å². The predicted octanol–water partition coefficient (Wildman–Crippen LogP) is 2.03. The summed E-state index contributed by atoms with van der Waals surface area (Å²) in [6, 6.07) is 2.49. The summed E-state index contributed by atoms with van der Waals surface area (Å²) in [5.74, 6) is -0.787. The van der Waals surface area contributed by atoms with E-state index >= 15 is 0 Å². The Bertz CT molecular complexity index is 766. The molecule has 0 N–H and O–H groups in total. The second-order valence-electron chi connectivity index (χ2n) is 6.52. The molecule has 2 heterocycles. The first kappa shape index (κ1) is 16.7. The van der Waals surface area contributed by atoms with Crippen molar-refractivity contribution in [1.82, 2.24) is 14.9 Å². The Morgan fingerprint density at radius 3 is 2.92 bits per heavy atom. The largest absolute Gasteiger partial charge is 0.382 e. The first-order chi connectivity index (χ1) is 11.4. The number of morpholine rings is 1. The van der Waals surface area contributed by atoms with Crippen LogP contribution >= 0.6 is 0 Å². The van der Waals surface area contributed by atoms with Gasteiger partial charge in [0.25, 0.3) is 5.91 Å². The fourth-order valence-corrected chi connectivity index (χ4v) is 3.10. The molecule has 1 fully saturated rings. The highest BCUT2D eigenvalue weighted by molar-refractivity contribution is 6.04. The molecule has 0 radical (unpaired) electrons. The Labute approximate surface area is 139 Å². The predicted molar refractivity (Wildman–Crippen MR) is 86.2 cm³/mol. The van der Waals surface area contributed by atoms with Gasteiger partial charge in [-0.05, 0) is 19.9 Å². The van der Waals surface area contributed by atoms with Gasteiger partial charge in [0, 0.05) is 38.7 Å². The quantitative estimate of drug-likeness (QED) is 0.860. The van der Waals surface area contributed by atoms with Crippen molar-refractivity contribution in [3.63, 3.8) is 0 Å². The van der Waals surface area contributed by atoms with Crippen molar-refractivity contribution in [2.75, 3.05) is 26.8 Å². The van der Waals surface area contributed by atoms with E-state index in [0.29, 0.717) is 30.7 Å². The van der Waals surface area contributed by atoms with E-state index in [4.69, 9.17) is 9.47 Å². The summed E-state index contributed by atoms with van der Waals surface area (Å²) in [5, 5.41) is 0. The normalized spacial score (nSPS) is 20.3. The molecule has 7 heteroatoms. The first-order valence-electron chi connectivity index (χ1n) is 7.76. The lowest BCUT2D eigenvalue weighted by Gasteiger charge is -2.42. The summed E-state index contributed by atoms with van der Waals surface area (Å²) in [4.78, 5) is 22.9. The summed E-state index contributed by atoms with van der Waals surface area (Å²) >= 11 is 0. The van der Waals surface area contributed by atoms with E-state index in [-0.39, 0.29) is 17.6 Å². The molecule has 128 valence electrons. The number of benzene rings is 1. The molecule has 0 unspecified atom stereocenters. The molecule has 1 aliphatic heterocycles. The highest BCUT2D eigenvalue weighted by Crippen LogP contribution is 2.25. The Hall–Kier alpha value is -2.12. The minimum Gasteiger partial charge on any atom is -0.382 e. The fourth-order valence-electron chi connectivity index (χ4n) is 3.10. The maximum Gasteiger partial charge on any atom is 0.256 e. The number of hydrogen-bond donors (Lipinski definition) is 0. The molecule has 1 amide bonds. The van der Waals surface area contributed by atoms with Crippen LogP contribution in [0.1, 0.15) is 24.2 Å². The zero-order valence-corrected chi connectivity index (χ0v) is 14.0. The lowest BCUT2D eigenvalue weighted by molar-refractivity contribution is -0.143. The summed E-state index contributed by atoms with van der Waals surface area (Å²) in [5.41, 5.74) is 0.469. The number of amides is 1. The second kappa shape index (κ2) is 6.41. The second-order valence-corrected chi connectivity index (χ2v) is 6.52. The SMILES string of the molecule is COC[C@@H]1CN(C(=O)c2cc(F)cc3nccnc23)CC(C)(C)O1. The molecular weight excluding hydrogens is 313 g/mol. The van der Waals surface area contributed by atoms with Gasteiger partial charge in [-0.2, -0.15) is 0 Å². The molecule has 3 rings (SSSR count). The minimum absolute atomic E-state index is 0.215. The van der Waals surface area contributed by atoms with Crippen LogP contribution in [0, 0.1) is 5.82 Å². The number of hydrogen-bond acceptors (Lipinski definition) is 5. The van der Waals surface area contributed by atoms with Gasteiger partial charge in [0.15, 0.2) is 0 Å². The van der Waals surface area contributed by atoms with Crippen molar-refractivity contribution < 1.29 is 18.7 Å². The first-order valence-corrected chi connectivity index (χ1v) is 7.76. The number of fused-ring (bicyclic) bond motifs is 1. The summed E-state index contributed by atoms with van der Waals surface area (Å²) in [7, 11) is 1.59. The molecule has 24 heavy (non-hydrogen) atoms. The van der Waals surface area contributed by atoms with Crippen LogP contribution in [0.4, 0.5) is 4.39 Å². The standard InChI is InChI=1S/C17H20FN3O3/c1-17(2)10-21(8-12(24-17)9-23-3)16(22)13-6-11(18)7-14-15(13)20-5-4-19-14/h4-7,12H,8-10H2,1-3H3/t12-/m0/s1. The average Bonchev–Trinajstić information content (AvgIpc) is 2.52. The Balaban J connectivity index is 1.96. The number of ether oxygens (including phenoxy) is 2. The third-order valence-corrected chi connectivity index (χ3v) is 3.89. The van der Waals surface area contributed by atoms with E-state index in [2.05, 4.69) is 9.97 Å². The smallest absolute Gasteiger partial charge is 0.256 e. The zero-order chi connectivity index (χ0) is 17.3. The maximum absolute atomic E-state index is 13.9. The van der Waals surface area contributed by atoms with Gasteiger partial charge in [0.2, 0.25) is 0 Å². The van der Waals surface area contributed by atoms with Crippen LogP contribution in [0.3, 0.4) is 0 Å². The van der Waals surface area contributed by atoms with Crippen LogP contribution in [-0.2, 0) is 9.47 Å². The van der Waals surface area contributed by atoms with Gasteiger partial charge in [0.1, 0.15) is 11.3 Å². The zero-order valence-electron chi connectivity index (χ0n) is 14.0. The van der Waals surface area contributed by atoms with E-state index < -0.39 is 11.4 Å². The summed E-state index contributed by atoms with van der Waals surface area (Å²) < 4.78 is 25.0. The Morgan fingerprint density at radius 2 is 2.17 bits per heavy atom. The topological polar surface area (TPSA) is 64.5 Å². The molecule has 6 nitrogen and oxygen atoms in total. The van der Waals surface area contributed by atoms with Gasteiger partial charge in [0.05, 0.1) is 29.4 Å². The van der Waals surface area contributed by atoms with Crippen molar-refractivity contribution in [1.29, 1.82) is 0 Å². The monoisotopic (exact) mass is 333 g/mol. The van der Waals surface area contributed by atoms with Crippen molar-refractivity contribution >= 4 is 16.9 Å². The van der Waals surface area contributed by atoms with Crippen LogP contribution in [0.25, 0.3) is 11.0 Å². The molecule has 0 saturated carbocycles. The molecule has 0 aliphatic carbocycles. The number of rotatable bonds is 3. The van der Waals surface area contributed by atoms with Crippen molar-refractivity contribution in [2.24, 2.45) is 0 Å². The third-order valence-electron chi connectivity index (χ3n) is 3.89. The number of methoxy groups -OCH3 is 1. The van der Waals surface area contributed by atoms with Crippen LogP contribution < -0.4 is 0 Å². The molecular formula is C17H20FN3O3. The van der Waals surface area contributed by atoms with Gasteiger partial charge in [-0.15, -0.1) is 0 Å². The number of nitrogens with zero attached hydrogens (tertiary/aromatic N) is 3. The Morgan fingerprint density at radius 1 is 1.42 bits per heavy atom. The number of carbonyl (C=O) groups excluding carboxylic acids is 1. The molecule has 0 bridgehead atoms. The number of aromatic nitrogens is 2. The summed E-state index contributed by atoms with van der Waals surface area (Å²) in [6.45, 7) is 5.01. The number of carbonyl (C=O) groups is 1. The summed E-state index contributed by atoms with van der Waals surface area (Å²) in [6.07, 6.45) is 2.74. The van der Waals surface area contributed by atoms with Gasteiger partial charge >= 0.3 is 0 Å². The molecule has 1 aliphatic rings. The van der Waals surface area contributed by atoms with E-state index in [1.165, 1.54) is 24.5 Å². The van der Waals surface area contributed by atoms with E-state index in [0.717, 1.165) is 0 Å². The van der Waals surface area contributed by atoms with Gasteiger partial charge in [-0.25, -0.2) is 4.39 Å². The molecule has 2 aromatic rings. The van der Waals surface area contributed by atoms with E-state index in [1.54, 1.807) is 12.0 Å². The van der Waals surface area contributed by atoms with Crippen LogP contribution in [0.15, 0.2) is 24.5 Å². The molecule has 1 aromatic heterocycles. The molecule has 1 atom stereocenters. The average molecular weight is 333 g/mol. The fraction of sp³-hybridized carbons (Fsp3) is 0.471. The van der Waals surface area contributed by atoms with Crippen LogP contribution in [0.2, 0.25) is 0 Å². The molecule has 0 spiro atoms. The van der Waals surface area contributed by atoms with Gasteiger partial charge in [-0.1, -0.05) is 0 Å². The van der Waals surface area contributed by atoms with Crippen molar-refractivity contribution in [2.45, 2.75) is 25.6 Å². The lowest BCUT2D eigenvalue weighted by atomic mass is 10.0. The number of halogens is 1. The highest BCUT2D eigenvalue weighted by atomic mass is 19.1. The van der Waals surface area contributed by atoms with E-state index in [9.17, 15) is 9.18 Å². The minimum atomic E-state index is -0.508. The van der Waals surface area contributed by atoms with Crippen molar-refractivity contribution in [3.05, 3.63) is 35.9 Å². The lowest BCUT2D eigenvalue weighted by Crippen LogP contribution is -2.55. The van der Waals surface area contributed by atoms with Gasteiger partial charge < -0.3 is 14.4 Å². The van der Waals surface area contributed by atoms with Gasteiger partial charge in [-0.3, -0.25) is 14.8 Å². The maximum atomic E-state index is 13.9. The molecule has 1 saturated heterocycles. The Kier molecular flexibility index (Phi) is 4.47. The third kappa shape index (κ3) is 3.37. The van der Waals surface area contributed by atoms with Crippen LogP contribution in [-0.4, -0.2) is 59.3 Å². The van der Waals surface area contributed by atoms with Crippen molar-refractivity contribution in [3.8, 4) is 0 Å². The van der Waals surface area contributed by atoms with E-state index in [1.807, 2.05) is 13.8 Å².